The van der Waals surface area contributed by atoms with Gasteiger partial charge in [0, 0.05) is 22.7 Å². The number of hydrogen-bond acceptors (Lipinski definition) is 4. The van der Waals surface area contributed by atoms with Crippen molar-refractivity contribution in [3.05, 3.63) is 108 Å². The van der Waals surface area contributed by atoms with E-state index in [0.29, 0.717) is 5.82 Å². The van der Waals surface area contributed by atoms with Gasteiger partial charge >= 0.3 is 11.8 Å². The van der Waals surface area contributed by atoms with Crippen LogP contribution in [-0.2, 0) is 0 Å². The van der Waals surface area contributed by atoms with Crippen LogP contribution in [0, 0.1) is 0 Å². The van der Waals surface area contributed by atoms with Crippen molar-refractivity contribution in [3.63, 3.8) is 0 Å². The molecule has 5 rings (SSSR count). The minimum Gasteiger partial charge on any atom is -0.361 e. The fourth-order valence-electron chi connectivity index (χ4n) is 3.55. The third-order valence-electron chi connectivity index (χ3n) is 5.00. The van der Waals surface area contributed by atoms with Crippen LogP contribution in [0.5, 0.6) is 0 Å². The Morgan fingerprint density at radius 1 is 0.867 bits per heavy atom. The maximum atomic E-state index is 12.9. The van der Waals surface area contributed by atoms with Gasteiger partial charge in [-0.1, -0.05) is 78.0 Å². The summed E-state index contributed by atoms with van der Waals surface area (Å²) in [6.45, 7) is 0. The molecule has 0 bridgehead atoms. The molecule has 2 aromatic heterocycles. The molecule has 0 atom stereocenters. The first-order valence-electron chi connectivity index (χ1n) is 9.60. The summed E-state index contributed by atoms with van der Waals surface area (Å²) in [7, 11) is 0. The van der Waals surface area contributed by atoms with Gasteiger partial charge < -0.3 is 14.8 Å². The van der Waals surface area contributed by atoms with E-state index < -0.39 is 5.91 Å². The van der Waals surface area contributed by atoms with Gasteiger partial charge in [0.25, 0.3) is 0 Å². The molecule has 0 radical (unpaired) electrons. The van der Waals surface area contributed by atoms with E-state index in [9.17, 15) is 4.79 Å². The first kappa shape index (κ1) is 17.9. The van der Waals surface area contributed by atoms with E-state index in [4.69, 9.17) is 4.52 Å². The molecule has 0 aliphatic heterocycles. The fourth-order valence-corrected chi connectivity index (χ4v) is 3.55. The fraction of sp³-hybridized carbons (Fsp3) is 0.0417. The SMILES string of the molecule is O=C(NC(c1ccccc1)c1ccccc1)c1nc(-c2cccc3[nH]ccc23)no1. The Morgan fingerprint density at radius 3 is 2.27 bits per heavy atom. The number of nitrogens with zero attached hydrogens (tertiary/aromatic N) is 2. The molecule has 6 heteroatoms. The van der Waals surface area contributed by atoms with Crippen LogP contribution in [0.1, 0.15) is 27.9 Å². The van der Waals surface area contributed by atoms with Crippen LogP contribution >= 0.6 is 0 Å². The minimum absolute atomic E-state index is 0.0746. The molecule has 0 saturated heterocycles. The molecule has 2 heterocycles. The Balaban J connectivity index is 1.45. The topological polar surface area (TPSA) is 83.8 Å². The zero-order valence-electron chi connectivity index (χ0n) is 15.9. The summed E-state index contributed by atoms with van der Waals surface area (Å²) in [5, 5.41) is 8.02. The second kappa shape index (κ2) is 7.67. The number of fused-ring (bicyclic) bond motifs is 1. The quantitative estimate of drug-likeness (QED) is 0.451. The van der Waals surface area contributed by atoms with Crippen molar-refractivity contribution in [3.8, 4) is 11.4 Å². The van der Waals surface area contributed by atoms with Gasteiger partial charge in [-0.05, 0) is 23.3 Å². The smallest absolute Gasteiger partial charge is 0.316 e. The maximum absolute atomic E-state index is 12.9. The zero-order chi connectivity index (χ0) is 20.3. The molecule has 1 amide bonds. The van der Waals surface area contributed by atoms with Crippen molar-refractivity contribution < 1.29 is 9.32 Å². The number of nitrogens with one attached hydrogen (secondary N) is 2. The van der Waals surface area contributed by atoms with Crippen LogP contribution in [0.3, 0.4) is 0 Å². The normalized spacial score (nSPS) is 11.1. The van der Waals surface area contributed by atoms with Crippen LogP contribution in [0.15, 0.2) is 95.6 Å². The predicted octanol–water partition coefficient (Wildman–Crippen LogP) is 4.74. The van der Waals surface area contributed by atoms with E-state index in [0.717, 1.165) is 27.6 Å². The summed E-state index contributed by atoms with van der Waals surface area (Å²) >= 11 is 0. The molecule has 0 aliphatic rings. The molecule has 5 aromatic rings. The van der Waals surface area contributed by atoms with Crippen LogP contribution in [0.4, 0.5) is 0 Å². The number of carbonyl (C=O) groups excluding carboxylic acids is 1. The number of benzene rings is 3. The summed E-state index contributed by atoms with van der Waals surface area (Å²) in [6, 6.07) is 27.0. The summed E-state index contributed by atoms with van der Waals surface area (Å²) in [4.78, 5) is 20.4. The van der Waals surface area contributed by atoms with Gasteiger partial charge in [-0.25, -0.2) is 0 Å². The average Bonchev–Trinajstić information content (AvgIpc) is 3.48. The number of hydrogen-bond donors (Lipinski definition) is 2. The number of rotatable bonds is 5. The molecule has 146 valence electrons. The number of H-pyrrole nitrogens is 1. The molecule has 2 N–H and O–H groups in total. The van der Waals surface area contributed by atoms with Gasteiger partial charge in [0.05, 0.1) is 6.04 Å². The van der Waals surface area contributed by atoms with Crippen molar-refractivity contribution in [1.82, 2.24) is 20.4 Å². The van der Waals surface area contributed by atoms with Gasteiger partial charge in [0.15, 0.2) is 0 Å². The summed E-state index contributed by atoms with van der Waals surface area (Å²) < 4.78 is 5.30. The van der Waals surface area contributed by atoms with Crippen molar-refractivity contribution in [2.45, 2.75) is 6.04 Å². The highest BCUT2D eigenvalue weighted by Crippen LogP contribution is 2.26. The van der Waals surface area contributed by atoms with E-state index in [2.05, 4.69) is 20.4 Å². The lowest BCUT2D eigenvalue weighted by atomic mass is 9.99. The van der Waals surface area contributed by atoms with Crippen LogP contribution in [0.25, 0.3) is 22.3 Å². The van der Waals surface area contributed by atoms with Gasteiger partial charge in [-0.15, -0.1) is 0 Å². The zero-order valence-corrected chi connectivity index (χ0v) is 15.9. The average molecular weight is 394 g/mol. The molecule has 3 aromatic carbocycles. The van der Waals surface area contributed by atoms with Crippen LogP contribution in [0.2, 0.25) is 0 Å². The number of carbonyl (C=O) groups is 1. The van der Waals surface area contributed by atoms with Gasteiger partial charge in [0.2, 0.25) is 5.82 Å². The molecule has 0 aliphatic carbocycles. The molecule has 0 spiro atoms. The monoisotopic (exact) mass is 394 g/mol. The third-order valence-corrected chi connectivity index (χ3v) is 5.00. The summed E-state index contributed by atoms with van der Waals surface area (Å²) in [6.07, 6.45) is 1.85. The Labute approximate surface area is 172 Å². The highest BCUT2D eigenvalue weighted by Gasteiger charge is 2.22. The Hall–Kier alpha value is -4.19. The standard InChI is InChI=1S/C24H18N4O2/c29-23(26-21(16-8-3-1-4-9-16)17-10-5-2-6-11-17)24-27-22(28-30-24)19-12-7-13-20-18(19)14-15-25-20/h1-15,21,25H,(H,26,29). The van der Waals surface area contributed by atoms with Gasteiger partial charge in [-0.2, -0.15) is 4.98 Å². The second-order valence-corrected chi connectivity index (χ2v) is 6.90. The maximum Gasteiger partial charge on any atom is 0.316 e. The Kier molecular flexibility index (Phi) is 4.57. The van der Waals surface area contributed by atoms with Crippen molar-refractivity contribution in [2.24, 2.45) is 0 Å². The van der Waals surface area contributed by atoms with Crippen LogP contribution < -0.4 is 5.32 Å². The molecule has 0 unspecified atom stereocenters. The van der Waals surface area contributed by atoms with E-state index in [1.165, 1.54) is 0 Å². The van der Waals surface area contributed by atoms with Gasteiger partial charge in [-0.3, -0.25) is 4.79 Å². The third kappa shape index (κ3) is 3.35. The largest absolute Gasteiger partial charge is 0.361 e. The van der Waals surface area contributed by atoms with Crippen molar-refractivity contribution in [1.29, 1.82) is 0 Å². The van der Waals surface area contributed by atoms with E-state index in [1.807, 2.05) is 91.1 Å². The highest BCUT2D eigenvalue weighted by atomic mass is 16.5. The lowest BCUT2D eigenvalue weighted by molar-refractivity contribution is 0.0899. The second-order valence-electron chi connectivity index (χ2n) is 6.90. The first-order valence-corrected chi connectivity index (χ1v) is 9.60. The van der Waals surface area contributed by atoms with Crippen molar-refractivity contribution in [2.75, 3.05) is 0 Å². The highest BCUT2D eigenvalue weighted by molar-refractivity contribution is 5.94. The van der Waals surface area contributed by atoms with E-state index in [1.54, 1.807) is 0 Å². The predicted molar refractivity (Wildman–Crippen MR) is 114 cm³/mol. The molecule has 0 fully saturated rings. The molecular formula is C24H18N4O2. The lowest BCUT2D eigenvalue weighted by Gasteiger charge is -2.18. The number of amides is 1. The number of aromatic amines is 1. The molecule has 30 heavy (non-hydrogen) atoms. The molecule has 0 saturated carbocycles. The summed E-state index contributed by atoms with van der Waals surface area (Å²) in [5.41, 5.74) is 3.71. The lowest BCUT2D eigenvalue weighted by Crippen LogP contribution is -2.29. The van der Waals surface area contributed by atoms with Gasteiger partial charge in [0.1, 0.15) is 0 Å². The number of aromatic nitrogens is 3. The van der Waals surface area contributed by atoms with E-state index in [-0.39, 0.29) is 11.9 Å². The molecular weight excluding hydrogens is 376 g/mol. The summed E-state index contributed by atoms with van der Waals surface area (Å²) in [5.74, 6) is -0.122. The Bertz CT molecular complexity index is 1250. The van der Waals surface area contributed by atoms with Crippen molar-refractivity contribution >= 4 is 16.8 Å². The minimum atomic E-state index is -0.423. The Morgan fingerprint density at radius 2 is 1.57 bits per heavy atom. The van der Waals surface area contributed by atoms with Crippen LogP contribution in [-0.4, -0.2) is 21.0 Å². The molecule has 6 nitrogen and oxygen atoms in total. The first-order chi connectivity index (χ1) is 14.8. The van der Waals surface area contributed by atoms with E-state index >= 15 is 0 Å².